The molecule has 198 valence electrons. The number of ether oxygens (including phenoxy) is 1. The van der Waals surface area contributed by atoms with E-state index in [0.717, 1.165) is 11.1 Å². The van der Waals surface area contributed by atoms with Gasteiger partial charge in [0.15, 0.2) is 0 Å². The summed E-state index contributed by atoms with van der Waals surface area (Å²) in [7, 11) is -7.50. The van der Waals surface area contributed by atoms with Gasteiger partial charge >= 0.3 is 5.97 Å². The smallest absolute Gasteiger partial charge is 0.310 e. The van der Waals surface area contributed by atoms with Gasteiger partial charge in [-0.1, -0.05) is 48.0 Å². The first-order chi connectivity index (χ1) is 16.9. The van der Waals surface area contributed by atoms with Crippen LogP contribution in [0, 0.1) is 12.8 Å². The molecule has 0 amide bonds. The average molecular weight is 536 g/mol. The first-order valence-electron chi connectivity index (χ1n) is 12.4. The molecular weight excluding hydrogens is 497 g/mol. The van der Waals surface area contributed by atoms with Crippen molar-refractivity contribution in [3.05, 3.63) is 65.7 Å². The van der Waals surface area contributed by atoms with Crippen molar-refractivity contribution in [1.29, 1.82) is 0 Å². The number of carbonyl (C=O) groups excluding carboxylic acids is 1. The topological polar surface area (TPSA) is 90.0 Å². The molecule has 7 nitrogen and oxygen atoms in total. The molecule has 1 aliphatic heterocycles. The van der Waals surface area contributed by atoms with Crippen molar-refractivity contribution in [3.63, 3.8) is 0 Å². The molecule has 3 atom stereocenters. The molecule has 0 N–H and O–H groups in total. The van der Waals surface area contributed by atoms with Crippen molar-refractivity contribution in [2.24, 2.45) is 5.92 Å². The minimum Gasteiger partial charge on any atom is -0.460 e. The van der Waals surface area contributed by atoms with Gasteiger partial charge in [0.05, 0.1) is 17.4 Å². The van der Waals surface area contributed by atoms with E-state index in [2.05, 4.69) is 0 Å². The van der Waals surface area contributed by atoms with Gasteiger partial charge in [0.2, 0.25) is 17.4 Å². The summed E-state index contributed by atoms with van der Waals surface area (Å²) in [5.41, 5.74) is 1.15. The summed E-state index contributed by atoms with van der Waals surface area (Å²) < 4.78 is 54.5. The zero-order chi connectivity index (χ0) is 26.6. The number of hydrogen-bond acceptors (Lipinski definition) is 6. The van der Waals surface area contributed by atoms with Crippen LogP contribution in [0.1, 0.15) is 51.7 Å². The Bertz CT molecular complexity index is 1170. The Labute approximate surface area is 215 Å². The molecule has 1 fully saturated rings. The lowest BCUT2D eigenvalue weighted by Crippen LogP contribution is -2.38. The second-order valence-electron chi connectivity index (χ2n) is 10.3. The van der Waals surface area contributed by atoms with Crippen molar-refractivity contribution in [3.8, 4) is 0 Å². The number of nitrogens with zero attached hydrogens (tertiary/aromatic N) is 1. The molecule has 0 radical (unpaired) electrons. The van der Waals surface area contributed by atoms with Crippen LogP contribution in [-0.2, 0) is 35.1 Å². The summed E-state index contributed by atoms with van der Waals surface area (Å²) in [6.45, 7) is 9.41. The largest absolute Gasteiger partial charge is 0.460 e. The van der Waals surface area contributed by atoms with E-state index in [0.29, 0.717) is 19.3 Å². The molecule has 0 aliphatic carbocycles. The van der Waals surface area contributed by atoms with E-state index >= 15 is 0 Å². The van der Waals surface area contributed by atoms with Crippen molar-refractivity contribution in [2.45, 2.75) is 70.2 Å². The predicted octanol–water partition coefficient (Wildman–Crippen LogP) is 5.62. The van der Waals surface area contributed by atoms with Gasteiger partial charge in [-0.3, -0.25) is 9.36 Å². The molecule has 1 saturated heterocycles. The molecule has 0 spiro atoms. The lowest BCUT2D eigenvalue weighted by molar-refractivity contribution is -0.159. The molecule has 2 aromatic carbocycles. The second kappa shape index (κ2) is 11.6. The Hall–Kier alpha value is -1.99. The van der Waals surface area contributed by atoms with E-state index in [-0.39, 0.29) is 24.2 Å². The lowest BCUT2D eigenvalue weighted by Gasteiger charge is -2.33. The maximum Gasteiger partial charge on any atom is 0.310 e. The fourth-order valence-corrected chi connectivity index (χ4v) is 9.82. The van der Waals surface area contributed by atoms with Crippen LogP contribution < -0.4 is 0 Å². The Morgan fingerprint density at radius 3 is 2.33 bits per heavy atom. The number of benzene rings is 2. The number of esters is 1. The molecule has 0 aromatic heterocycles. The van der Waals surface area contributed by atoms with Crippen LogP contribution >= 0.6 is 7.37 Å². The van der Waals surface area contributed by atoms with Crippen molar-refractivity contribution in [2.75, 3.05) is 19.3 Å². The summed E-state index contributed by atoms with van der Waals surface area (Å²) in [6, 6.07) is 16.1. The van der Waals surface area contributed by atoms with Crippen molar-refractivity contribution in [1.82, 2.24) is 4.31 Å². The lowest BCUT2D eigenvalue weighted by atomic mass is 10.0. The maximum atomic E-state index is 14.5. The van der Waals surface area contributed by atoms with Gasteiger partial charge in [0, 0.05) is 12.7 Å². The molecule has 0 saturated carbocycles. The third-order valence-corrected chi connectivity index (χ3v) is 11.3. The number of carbonyl (C=O) groups is 1. The quantitative estimate of drug-likeness (QED) is 0.290. The third kappa shape index (κ3) is 7.06. The van der Waals surface area contributed by atoms with Crippen LogP contribution in [0.25, 0.3) is 0 Å². The third-order valence-electron chi connectivity index (χ3n) is 6.14. The molecule has 1 heterocycles. The highest BCUT2D eigenvalue weighted by atomic mass is 32.2. The first kappa shape index (κ1) is 28.6. The van der Waals surface area contributed by atoms with Crippen LogP contribution in [0.2, 0.25) is 0 Å². The Kier molecular flexibility index (Phi) is 9.20. The van der Waals surface area contributed by atoms with E-state index in [1.165, 1.54) is 4.31 Å². The predicted molar refractivity (Wildman–Crippen MR) is 142 cm³/mol. The molecule has 1 aliphatic rings. The van der Waals surface area contributed by atoms with E-state index < -0.39 is 40.7 Å². The van der Waals surface area contributed by atoms with E-state index in [4.69, 9.17) is 9.26 Å². The fraction of sp³-hybridized carbons (Fsp3) is 0.519. The summed E-state index contributed by atoms with van der Waals surface area (Å²) in [4.78, 5) is 13.4. The molecule has 1 unspecified atom stereocenters. The minimum absolute atomic E-state index is 0.0881. The zero-order valence-corrected chi connectivity index (χ0v) is 23.6. The van der Waals surface area contributed by atoms with Gasteiger partial charge in [-0.2, -0.15) is 4.31 Å². The van der Waals surface area contributed by atoms with Crippen molar-refractivity contribution >= 4 is 23.4 Å². The maximum absolute atomic E-state index is 14.5. The van der Waals surface area contributed by atoms with Crippen LogP contribution in [0.15, 0.2) is 59.5 Å². The monoisotopic (exact) mass is 535 g/mol. The SMILES string of the molecule is CCOP(=O)(C[C@H](Cc1ccccc1)C(=O)OC(C)(C)C)[C@@H]1CCCN1S(=O)(=O)c1ccc(C)cc1. The summed E-state index contributed by atoms with van der Waals surface area (Å²) in [6.07, 6.45) is 1.22. The van der Waals surface area contributed by atoms with E-state index in [1.807, 2.05) is 37.3 Å². The second-order valence-corrected chi connectivity index (χ2v) is 14.9. The molecule has 2 aromatic rings. The standard InChI is InChI=1S/C27H38NO6PS/c1-6-33-35(30,20-23(26(29)34-27(3,4)5)19-22-11-8-7-9-12-22)25-13-10-18-28(25)36(31,32)24-16-14-21(2)15-17-24/h7-9,11-12,14-17,23,25H,6,10,13,18-20H2,1-5H3/t23-,25+,35?/m0/s1. The highest BCUT2D eigenvalue weighted by Gasteiger charge is 2.48. The van der Waals surface area contributed by atoms with Gasteiger partial charge in [-0.15, -0.1) is 0 Å². The molecular formula is C27H38NO6PS. The van der Waals surface area contributed by atoms with Crippen LogP contribution in [0.4, 0.5) is 0 Å². The highest BCUT2D eigenvalue weighted by Crippen LogP contribution is 2.59. The Morgan fingerprint density at radius 1 is 1.11 bits per heavy atom. The number of rotatable bonds is 10. The van der Waals surface area contributed by atoms with Gasteiger partial charge in [-0.05, 0) is 71.6 Å². The average Bonchev–Trinajstić information content (AvgIpc) is 3.31. The van der Waals surface area contributed by atoms with Gasteiger partial charge in [0.25, 0.3) is 0 Å². The molecule has 36 heavy (non-hydrogen) atoms. The van der Waals surface area contributed by atoms with Crippen LogP contribution in [-0.4, -0.2) is 49.4 Å². The van der Waals surface area contributed by atoms with Gasteiger partial charge in [-0.25, -0.2) is 8.42 Å². The molecule has 0 bridgehead atoms. The number of aryl methyl sites for hydroxylation is 1. The first-order valence-corrected chi connectivity index (χ1v) is 15.8. The number of hydrogen-bond donors (Lipinski definition) is 0. The fourth-order valence-electron chi connectivity index (χ4n) is 4.53. The van der Waals surface area contributed by atoms with Crippen LogP contribution in [0.3, 0.4) is 0 Å². The van der Waals surface area contributed by atoms with Crippen molar-refractivity contribution < 1.29 is 27.0 Å². The van der Waals surface area contributed by atoms with Crippen LogP contribution in [0.5, 0.6) is 0 Å². The van der Waals surface area contributed by atoms with E-state index in [1.54, 1.807) is 52.0 Å². The Balaban J connectivity index is 1.96. The van der Waals surface area contributed by atoms with Gasteiger partial charge < -0.3 is 9.26 Å². The Morgan fingerprint density at radius 2 is 1.75 bits per heavy atom. The zero-order valence-electron chi connectivity index (χ0n) is 21.8. The normalized spacial score (nSPS) is 19.5. The van der Waals surface area contributed by atoms with E-state index in [9.17, 15) is 17.8 Å². The minimum atomic E-state index is -3.88. The summed E-state index contributed by atoms with van der Waals surface area (Å²) in [5.74, 6) is -2.03. The van der Waals surface area contributed by atoms with Gasteiger partial charge in [0.1, 0.15) is 11.4 Å². The number of sulfonamides is 1. The highest BCUT2D eigenvalue weighted by molar-refractivity contribution is 7.89. The molecule has 3 rings (SSSR count). The summed E-state index contributed by atoms with van der Waals surface area (Å²) >= 11 is 0. The molecule has 9 heteroatoms. The summed E-state index contributed by atoms with van der Waals surface area (Å²) in [5, 5.41) is 0.